The van der Waals surface area contributed by atoms with Crippen LogP contribution >= 0.6 is 0 Å². The molecule has 2 aliphatic rings. The van der Waals surface area contributed by atoms with Gasteiger partial charge in [-0.25, -0.2) is 0 Å². The molecule has 2 amide bonds. The Kier molecular flexibility index (Phi) is 9.39. The molecule has 1 aromatic carbocycles. The van der Waals surface area contributed by atoms with Crippen molar-refractivity contribution in [3.05, 3.63) is 47.8 Å². The fourth-order valence-electron chi connectivity index (χ4n) is 5.09. The van der Waals surface area contributed by atoms with Gasteiger partial charge >= 0.3 is 0 Å². The molecule has 1 saturated heterocycles. The lowest BCUT2D eigenvalue weighted by atomic mass is 10.1. The molecular weight excluding hydrogens is 456 g/mol. The van der Waals surface area contributed by atoms with Gasteiger partial charge in [0.25, 0.3) is 5.91 Å². The van der Waals surface area contributed by atoms with E-state index in [0.717, 1.165) is 37.9 Å². The van der Waals surface area contributed by atoms with Gasteiger partial charge in [-0.3, -0.25) is 14.3 Å². The topological polar surface area (TPSA) is 76.9 Å². The number of likely N-dealkylation sites (tertiary alicyclic amines) is 1. The second kappa shape index (κ2) is 12.9. The Bertz CT molecular complexity index is 1010. The maximum atomic E-state index is 13.4. The van der Waals surface area contributed by atoms with Gasteiger partial charge in [-0.15, -0.1) is 0 Å². The highest BCUT2D eigenvalue weighted by Crippen LogP contribution is 2.27. The molecule has 0 bridgehead atoms. The van der Waals surface area contributed by atoms with Crippen LogP contribution < -0.4 is 4.74 Å². The molecule has 0 N–H and O–H groups in total. The quantitative estimate of drug-likeness (QED) is 0.643. The summed E-state index contributed by atoms with van der Waals surface area (Å²) in [5.41, 5.74) is 1.61. The van der Waals surface area contributed by atoms with Crippen LogP contribution in [-0.2, 0) is 23.0 Å². The molecule has 3 heterocycles. The Morgan fingerprint density at radius 3 is 2.56 bits per heavy atom. The van der Waals surface area contributed by atoms with Gasteiger partial charge in [0.05, 0.1) is 18.7 Å². The van der Waals surface area contributed by atoms with E-state index in [4.69, 9.17) is 9.47 Å². The molecule has 1 fully saturated rings. The highest BCUT2D eigenvalue weighted by atomic mass is 16.5. The molecule has 2 aliphatic heterocycles. The average Bonchev–Trinajstić information content (AvgIpc) is 3.48. The second-order valence-electron chi connectivity index (χ2n) is 9.81. The van der Waals surface area contributed by atoms with Crippen molar-refractivity contribution in [2.24, 2.45) is 7.05 Å². The zero-order valence-electron chi connectivity index (χ0n) is 21.7. The summed E-state index contributed by atoms with van der Waals surface area (Å²) in [6, 6.07) is 9.41. The number of hydrogen-bond acceptors (Lipinski definition) is 5. The molecule has 2 aromatic rings. The number of ether oxygens (including phenoxy) is 2. The van der Waals surface area contributed by atoms with E-state index in [-0.39, 0.29) is 24.0 Å². The van der Waals surface area contributed by atoms with Gasteiger partial charge in [0.1, 0.15) is 18.0 Å². The third-order valence-electron chi connectivity index (χ3n) is 7.30. The first-order chi connectivity index (χ1) is 17.6. The average molecular weight is 497 g/mol. The Balaban J connectivity index is 1.49. The van der Waals surface area contributed by atoms with Crippen molar-refractivity contribution < 1.29 is 19.1 Å². The second-order valence-corrected chi connectivity index (χ2v) is 9.81. The molecule has 1 aromatic heterocycles. The molecule has 0 unspecified atom stereocenters. The highest BCUT2D eigenvalue weighted by molar-refractivity contribution is 5.97. The zero-order chi connectivity index (χ0) is 25.3. The number of carbonyl (C=O) groups is 2. The lowest BCUT2D eigenvalue weighted by Gasteiger charge is -2.25. The van der Waals surface area contributed by atoms with Crippen LogP contribution in [-0.4, -0.2) is 76.4 Å². The summed E-state index contributed by atoms with van der Waals surface area (Å²) in [5.74, 6) is 0.652. The third kappa shape index (κ3) is 6.66. The lowest BCUT2D eigenvalue weighted by Crippen LogP contribution is -2.35. The number of aromatic nitrogens is 2. The number of carbonyl (C=O) groups excluding carboxylic acids is 2. The number of aryl methyl sites for hydroxylation is 2. The number of benzene rings is 1. The lowest BCUT2D eigenvalue weighted by molar-refractivity contribution is -0.130. The van der Waals surface area contributed by atoms with Crippen LogP contribution in [0.2, 0.25) is 0 Å². The predicted octanol–water partition coefficient (Wildman–Crippen LogP) is 3.84. The minimum absolute atomic E-state index is 0.000214. The largest absolute Gasteiger partial charge is 0.485 e. The van der Waals surface area contributed by atoms with E-state index in [1.54, 1.807) is 10.9 Å². The Labute approximate surface area is 214 Å². The summed E-state index contributed by atoms with van der Waals surface area (Å²) in [7, 11) is 1.89. The van der Waals surface area contributed by atoms with E-state index in [9.17, 15) is 9.59 Å². The SMILES string of the molecule is CCN1CCCCCCCCO[C@@H]2CN(C(=O)CCc3ccnn3C)C[C@H]2Oc2ccccc2C1=O. The van der Waals surface area contributed by atoms with Gasteiger partial charge in [0.15, 0.2) is 0 Å². The van der Waals surface area contributed by atoms with Crippen LogP contribution in [0.5, 0.6) is 5.75 Å². The summed E-state index contributed by atoms with van der Waals surface area (Å²) in [5, 5.41) is 4.19. The zero-order valence-corrected chi connectivity index (χ0v) is 21.7. The maximum Gasteiger partial charge on any atom is 0.257 e. The molecule has 8 heteroatoms. The van der Waals surface area contributed by atoms with Gasteiger partial charge in [0.2, 0.25) is 5.91 Å². The van der Waals surface area contributed by atoms with Crippen molar-refractivity contribution in [1.82, 2.24) is 19.6 Å². The van der Waals surface area contributed by atoms with Crippen LogP contribution in [0.25, 0.3) is 0 Å². The number of para-hydroxylation sites is 1. The normalized spacial score (nSPS) is 22.1. The van der Waals surface area contributed by atoms with Crippen molar-refractivity contribution in [1.29, 1.82) is 0 Å². The van der Waals surface area contributed by atoms with E-state index in [1.165, 1.54) is 12.8 Å². The fourth-order valence-corrected chi connectivity index (χ4v) is 5.09. The molecule has 0 radical (unpaired) electrons. The summed E-state index contributed by atoms with van der Waals surface area (Å²) in [4.78, 5) is 30.2. The first-order valence-electron chi connectivity index (χ1n) is 13.5. The molecule has 36 heavy (non-hydrogen) atoms. The van der Waals surface area contributed by atoms with Crippen LogP contribution in [0.1, 0.15) is 67.9 Å². The Hall–Kier alpha value is -2.87. The summed E-state index contributed by atoms with van der Waals surface area (Å²) >= 11 is 0. The first-order valence-corrected chi connectivity index (χ1v) is 13.5. The highest BCUT2D eigenvalue weighted by Gasteiger charge is 2.38. The number of rotatable bonds is 4. The van der Waals surface area contributed by atoms with Crippen molar-refractivity contribution >= 4 is 11.8 Å². The molecule has 196 valence electrons. The van der Waals surface area contributed by atoms with Gasteiger partial charge < -0.3 is 19.3 Å². The summed E-state index contributed by atoms with van der Waals surface area (Å²) < 4.78 is 14.5. The van der Waals surface area contributed by atoms with E-state index in [0.29, 0.717) is 50.4 Å². The van der Waals surface area contributed by atoms with E-state index >= 15 is 0 Å². The van der Waals surface area contributed by atoms with Crippen molar-refractivity contribution in [2.45, 2.75) is 70.5 Å². The standard InChI is InChI=1S/C28H40N4O4/c1-3-31-18-10-6-4-5-7-11-19-35-25-20-32(27(33)15-14-22-16-17-29-30(22)2)21-26(25)36-24-13-9-8-12-23(24)28(31)34/h8-9,12-13,16-17,25-26H,3-7,10-11,14-15,18-21H2,1-2H3/t25-,26-/m1/s1. The summed E-state index contributed by atoms with van der Waals surface area (Å²) in [6.45, 7) is 5.07. The first kappa shape index (κ1) is 26.2. The number of nitrogens with zero attached hydrogens (tertiary/aromatic N) is 4. The predicted molar refractivity (Wildman–Crippen MR) is 138 cm³/mol. The van der Waals surface area contributed by atoms with Gasteiger partial charge in [-0.2, -0.15) is 5.10 Å². The minimum atomic E-state index is -0.317. The molecule has 4 rings (SSSR count). The van der Waals surface area contributed by atoms with Gasteiger partial charge in [-0.1, -0.05) is 37.8 Å². The molecule has 0 spiro atoms. The third-order valence-corrected chi connectivity index (χ3v) is 7.30. The van der Waals surface area contributed by atoms with Crippen LogP contribution in [0.3, 0.4) is 0 Å². The van der Waals surface area contributed by atoms with Gasteiger partial charge in [-0.05, 0) is 44.4 Å². The number of hydrogen-bond donors (Lipinski definition) is 0. The van der Waals surface area contributed by atoms with Crippen molar-refractivity contribution in [2.75, 3.05) is 32.8 Å². The molecule has 0 saturated carbocycles. The van der Waals surface area contributed by atoms with Crippen LogP contribution in [0.4, 0.5) is 0 Å². The molecule has 2 atom stereocenters. The molecule has 8 nitrogen and oxygen atoms in total. The van der Waals surface area contributed by atoms with Crippen LogP contribution in [0, 0.1) is 0 Å². The van der Waals surface area contributed by atoms with Gasteiger partial charge in [0, 0.05) is 45.1 Å². The molecular formula is C28H40N4O4. The summed E-state index contributed by atoms with van der Waals surface area (Å²) in [6.07, 6.45) is 8.91. The Morgan fingerprint density at radius 2 is 1.78 bits per heavy atom. The van der Waals surface area contributed by atoms with E-state index < -0.39 is 0 Å². The van der Waals surface area contributed by atoms with E-state index in [1.807, 2.05) is 54.1 Å². The number of amides is 2. The van der Waals surface area contributed by atoms with Crippen molar-refractivity contribution in [3.63, 3.8) is 0 Å². The van der Waals surface area contributed by atoms with E-state index in [2.05, 4.69) is 5.10 Å². The van der Waals surface area contributed by atoms with Crippen molar-refractivity contribution in [3.8, 4) is 5.75 Å². The molecule has 0 aliphatic carbocycles. The minimum Gasteiger partial charge on any atom is -0.485 e. The Morgan fingerprint density at radius 1 is 1.03 bits per heavy atom. The smallest absolute Gasteiger partial charge is 0.257 e. The monoisotopic (exact) mass is 496 g/mol. The maximum absolute atomic E-state index is 13.4. The number of fused-ring (bicyclic) bond motifs is 2. The fraction of sp³-hybridized carbons (Fsp3) is 0.607. The van der Waals surface area contributed by atoms with Crippen LogP contribution in [0.15, 0.2) is 36.5 Å².